The predicted molar refractivity (Wildman–Crippen MR) is 102 cm³/mol. The maximum atomic E-state index is 12.6. The first kappa shape index (κ1) is 18.0. The number of hydrogen-bond acceptors (Lipinski definition) is 3. The van der Waals surface area contributed by atoms with E-state index in [9.17, 15) is 4.79 Å². The minimum Gasteiger partial charge on any atom is -0.443 e. The van der Waals surface area contributed by atoms with Gasteiger partial charge in [0.25, 0.3) is 0 Å². The number of likely N-dealkylation sites (tertiary alicyclic amines) is 1. The summed E-state index contributed by atoms with van der Waals surface area (Å²) >= 11 is 0. The fourth-order valence-corrected chi connectivity index (χ4v) is 3.99. The highest BCUT2D eigenvalue weighted by Crippen LogP contribution is 2.31. The van der Waals surface area contributed by atoms with Crippen molar-refractivity contribution >= 4 is 17.0 Å². The average Bonchev–Trinajstić information content (AvgIpc) is 3.08. The van der Waals surface area contributed by atoms with E-state index in [1.165, 1.54) is 29.5 Å². The molecule has 0 amide bonds. The van der Waals surface area contributed by atoms with Crippen molar-refractivity contribution in [1.82, 2.24) is 9.47 Å². The second kappa shape index (κ2) is 6.49. The summed E-state index contributed by atoms with van der Waals surface area (Å²) in [5.41, 5.74) is 4.31. The minimum atomic E-state index is -0.496. The van der Waals surface area contributed by atoms with Crippen LogP contribution in [0.15, 0.2) is 18.3 Å². The van der Waals surface area contributed by atoms with Crippen molar-refractivity contribution < 1.29 is 9.53 Å². The van der Waals surface area contributed by atoms with Gasteiger partial charge >= 0.3 is 6.09 Å². The fourth-order valence-electron chi connectivity index (χ4n) is 3.99. The predicted octanol–water partition coefficient (Wildman–Crippen LogP) is 4.54. The number of rotatable bonds is 2. The Labute approximate surface area is 150 Å². The van der Waals surface area contributed by atoms with Gasteiger partial charge in [0.15, 0.2) is 0 Å². The molecule has 4 heteroatoms. The van der Waals surface area contributed by atoms with E-state index in [2.05, 4.69) is 37.9 Å². The lowest BCUT2D eigenvalue weighted by molar-refractivity contribution is 0.0544. The summed E-state index contributed by atoms with van der Waals surface area (Å²) in [7, 11) is 2.19. The highest BCUT2D eigenvalue weighted by Gasteiger charge is 2.24. The Kier molecular flexibility index (Phi) is 4.67. The number of aryl methyl sites for hydroxylation is 2. The highest BCUT2D eigenvalue weighted by molar-refractivity contribution is 5.94. The molecule has 0 spiro atoms. The molecule has 136 valence electrons. The van der Waals surface area contributed by atoms with Crippen LogP contribution in [-0.2, 0) is 11.2 Å². The van der Waals surface area contributed by atoms with Crippen LogP contribution in [0.2, 0.25) is 0 Å². The summed E-state index contributed by atoms with van der Waals surface area (Å²) in [6.45, 7) is 12.3. The molecule has 1 aliphatic heterocycles. The molecular formula is C21H30N2O2. The third-order valence-corrected chi connectivity index (χ3v) is 5.07. The average molecular weight is 342 g/mol. The van der Waals surface area contributed by atoms with Gasteiger partial charge in [-0.3, -0.25) is 4.57 Å². The van der Waals surface area contributed by atoms with Crippen molar-refractivity contribution in [3.05, 3.63) is 35.0 Å². The first-order valence-electron chi connectivity index (χ1n) is 9.18. The normalized spacial score (nSPS) is 18.9. The molecule has 0 radical (unpaired) electrons. The molecule has 1 atom stereocenters. The number of hydrogen-bond donors (Lipinski definition) is 0. The van der Waals surface area contributed by atoms with Crippen LogP contribution in [0.5, 0.6) is 0 Å². The van der Waals surface area contributed by atoms with E-state index >= 15 is 0 Å². The maximum Gasteiger partial charge on any atom is 0.418 e. The number of fused-ring (bicyclic) bond motifs is 1. The summed E-state index contributed by atoms with van der Waals surface area (Å²) in [6, 6.07) is 4.28. The number of nitrogens with zero attached hydrogens (tertiary/aromatic N) is 2. The van der Waals surface area contributed by atoms with Crippen LogP contribution >= 0.6 is 0 Å². The van der Waals surface area contributed by atoms with E-state index in [0.717, 1.165) is 24.0 Å². The fraction of sp³-hybridized carbons (Fsp3) is 0.571. The van der Waals surface area contributed by atoms with Crippen molar-refractivity contribution in [2.75, 3.05) is 20.1 Å². The molecule has 0 unspecified atom stereocenters. The summed E-state index contributed by atoms with van der Waals surface area (Å²) in [5, 5.41) is 1.19. The second-order valence-corrected chi connectivity index (χ2v) is 8.54. The molecule has 1 aromatic heterocycles. The molecule has 2 heterocycles. The van der Waals surface area contributed by atoms with Crippen molar-refractivity contribution in [3.63, 3.8) is 0 Å². The van der Waals surface area contributed by atoms with Gasteiger partial charge in [0, 0.05) is 18.1 Å². The third-order valence-electron chi connectivity index (χ3n) is 5.07. The zero-order valence-electron chi connectivity index (χ0n) is 16.3. The van der Waals surface area contributed by atoms with Gasteiger partial charge in [0.05, 0.1) is 5.52 Å². The summed E-state index contributed by atoms with van der Waals surface area (Å²) < 4.78 is 7.25. The van der Waals surface area contributed by atoms with Gasteiger partial charge in [-0.2, -0.15) is 0 Å². The van der Waals surface area contributed by atoms with Crippen LogP contribution in [0.1, 0.15) is 43.9 Å². The van der Waals surface area contributed by atoms with Crippen LogP contribution in [0.3, 0.4) is 0 Å². The molecule has 1 aromatic carbocycles. The highest BCUT2D eigenvalue weighted by atomic mass is 16.6. The lowest BCUT2D eigenvalue weighted by atomic mass is 9.91. The molecule has 25 heavy (non-hydrogen) atoms. The molecule has 1 fully saturated rings. The number of carbonyl (C=O) groups is 1. The largest absolute Gasteiger partial charge is 0.443 e. The smallest absolute Gasteiger partial charge is 0.418 e. The van der Waals surface area contributed by atoms with E-state index < -0.39 is 5.60 Å². The Balaban J connectivity index is 2.00. The van der Waals surface area contributed by atoms with E-state index in [1.54, 1.807) is 4.57 Å². The first-order chi connectivity index (χ1) is 11.7. The van der Waals surface area contributed by atoms with Gasteiger partial charge in [-0.25, -0.2) is 4.79 Å². The number of ether oxygens (including phenoxy) is 1. The minimum absolute atomic E-state index is 0.305. The number of carbonyl (C=O) groups excluding carboxylic acids is 1. The Morgan fingerprint density at radius 2 is 2.00 bits per heavy atom. The van der Waals surface area contributed by atoms with Crippen LogP contribution in [0.25, 0.3) is 10.9 Å². The van der Waals surface area contributed by atoms with Crippen LogP contribution < -0.4 is 0 Å². The van der Waals surface area contributed by atoms with Crippen molar-refractivity contribution in [2.24, 2.45) is 5.92 Å². The molecule has 0 aliphatic carbocycles. The van der Waals surface area contributed by atoms with E-state index in [1.807, 2.05) is 27.0 Å². The Hall–Kier alpha value is -1.81. The molecule has 1 saturated heterocycles. The Bertz CT molecular complexity index is 798. The molecule has 4 nitrogen and oxygen atoms in total. The van der Waals surface area contributed by atoms with E-state index in [0.29, 0.717) is 5.92 Å². The zero-order valence-corrected chi connectivity index (χ0v) is 16.3. The van der Waals surface area contributed by atoms with E-state index in [4.69, 9.17) is 4.74 Å². The second-order valence-electron chi connectivity index (χ2n) is 8.54. The van der Waals surface area contributed by atoms with E-state index in [-0.39, 0.29) is 6.09 Å². The zero-order chi connectivity index (χ0) is 18.4. The molecule has 0 bridgehead atoms. The van der Waals surface area contributed by atoms with Gasteiger partial charge in [-0.15, -0.1) is 0 Å². The summed E-state index contributed by atoms with van der Waals surface area (Å²) in [5.74, 6) is 0.694. The molecule has 3 rings (SSSR count). The standard InChI is InChI=1S/C21H30N2O2/c1-14-11-15(2)19-17(18(14)12-16-7-9-22(6)13-16)8-10-23(19)20(24)25-21(3,4)5/h8,10-11,16H,7,9,12-13H2,1-6H3/t16-/m1/s1. The van der Waals surface area contributed by atoms with Crippen LogP contribution in [0.4, 0.5) is 4.79 Å². The SMILES string of the molecule is Cc1cc(C)c2c(ccn2C(=O)OC(C)(C)C)c1C[C@H]1CCN(C)C1. The topological polar surface area (TPSA) is 34.5 Å². The molecule has 1 aliphatic rings. The maximum absolute atomic E-state index is 12.6. The number of aromatic nitrogens is 1. The lowest BCUT2D eigenvalue weighted by Crippen LogP contribution is -2.26. The van der Waals surface area contributed by atoms with Gasteiger partial charge in [-0.1, -0.05) is 6.07 Å². The van der Waals surface area contributed by atoms with Crippen molar-refractivity contribution in [1.29, 1.82) is 0 Å². The molecule has 2 aromatic rings. The van der Waals surface area contributed by atoms with Crippen molar-refractivity contribution in [2.45, 2.75) is 53.1 Å². The molecule has 0 saturated carbocycles. The third kappa shape index (κ3) is 3.74. The van der Waals surface area contributed by atoms with Crippen molar-refractivity contribution in [3.8, 4) is 0 Å². The summed E-state index contributed by atoms with van der Waals surface area (Å²) in [4.78, 5) is 15.0. The van der Waals surface area contributed by atoms with Gasteiger partial charge in [0.1, 0.15) is 5.60 Å². The molecule has 0 N–H and O–H groups in total. The van der Waals surface area contributed by atoms with Crippen LogP contribution in [-0.4, -0.2) is 41.3 Å². The Morgan fingerprint density at radius 1 is 1.28 bits per heavy atom. The first-order valence-corrected chi connectivity index (χ1v) is 9.18. The monoisotopic (exact) mass is 342 g/mol. The Morgan fingerprint density at radius 3 is 2.60 bits per heavy atom. The van der Waals surface area contributed by atoms with Gasteiger partial charge < -0.3 is 9.64 Å². The number of benzene rings is 1. The van der Waals surface area contributed by atoms with Crippen LogP contribution in [0, 0.1) is 19.8 Å². The van der Waals surface area contributed by atoms with Gasteiger partial charge in [-0.05, 0) is 89.7 Å². The van der Waals surface area contributed by atoms with Gasteiger partial charge in [0.2, 0.25) is 0 Å². The summed E-state index contributed by atoms with van der Waals surface area (Å²) in [6.07, 6.45) is 3.87. The quantitative estimate of drug-likeness (QED) is 0.804. The molecular weight excluding hydrogens is 312 g/mol. The lowest BCUT2D eigenvalue weighted by Gasteiger charge is -2.20.